The highest BCUT2D eigenvalue weighted by Crippen LogP contribution is 2.74. The van der Waals surface area contributed by atoms with Crippen LogP contribution in [0.2, 0.25) is 0 Å². The van der Waals surface area contributed by atoms with Gasteiger partial charge >= 0.3 is 0 Å². The van der Waals surface area contributed by atoms with E-state index >= 15 is 0 Å². The van der Waals surface area contributed by atoms with Gasteiger partial charge in [-0.3, -0.25) is 4.79 Å². The summed E-state index contributed by atoms with van der Waals surface area (Å²) in [5.74, 6) is 6.71. The van der Waals surface area contributed by atoms with Crippen LogP contribution in [0.25, 0.3) is 0 Å². The average Bonchev–Trinajstić information content (AvgIpc) is 3.27. The summed E-state index contributed by atoms with van der Waals surface area (Å²) in [5, 5.41) is 11.0. The van der Waals surface area contributed by atoms with Crippen LogP contribution in [0.15, 0.2) is 0 Å². The second-order valence-corrected chi connectivity index (χ2v) is 11.3. The lowest BCUT2D eigenvalue weighted by molar-refractivity contribution is -0.135. The molecule has 2 heteroatoms. The van der Waals surface area contributed by atoms with Gasteiger partial charge in [-0.05, 0) is 112 Å². The van der Waals surface area contributed by atoms with Crippen molar-refractivity contribution >= 4 is 5.78 Å². The maximum Gasteiger partial charge on any atom is 0.133 e. The number of Topliss-reactive ketones (excluding diaryl/α,β-unsaturated/α-hetero) is 1. The molecule has 1 N–H and O–H groups in total. The number of aliphatic hydroxyl groups is 1. The molecule has 5 rings (SSSR count). The number of rotatable bonds is 3. The molecule has 26 heavy (non-hydrogen) atoms. The summed E-state index contributed by atoms with van der Waals surface area (Å²) < 4.78 is 0. The van der Waals surface area contributed by atoms with Crippen molar-refractivity contribution < 1.29 is 9.90 Å². The smallest absolute Gasteiger partial charge is 0.133 e. The van der Waals surface area contributed by atoms with E-state index in [1.54, 1.807) is 0 Å². The van der Waals surface area contributed by atoms with Crippen LogP contribution in [-0.2, 0) is 4.79 Å². The highest BCUT2D eigenvalue weighted by atomic mass is 16.3. The fraction of sp³-hybridized carbons (Fsp3) is 0.958. The van der Waals surface area contributed by atoms with Crippen molar-refractivity contribution in [3.63, 3.8) is 0 Å². The van der Waals surface area contributed by atoms with Crippen LogP contribution in [0.1, 0.15) is 85.0 Å². The van der Waals surface area contributed by atoms with Gasteiger partial charge in [0, 0.05) is 5.92 Å². The van der Waals surface area contributed by atoms with E-state index in [1.165, 1.54) is 38.5 Å². The van der Waals surface area contributed by atoms with E-state index in [-0.39, 0.29) is 5.60 Å². The van der Waals surface area contributed by atoms with Crippen molar-refractivity contribution in [2.45, 2.75) is 90.6 Å². The van der Waals surface area contributed by atoms with Gasteiger partial charge in [0.2, 0.25) is 0 Å². The lowest BCUT2D eigenvalue weighted by Crippen LogP contribution is -2.52. The summed E-state index contributed by atoms with van der Waals surface area (Å²) in [6.07, 6.45) is 12.2. The van der Waals surface area contributed by atoms with Gasteiger partial charge in [-0.1, -0.05) is 20.3 Å². The Balaban J connectivity index is 1.37. The standard InChI is InChI=1S/C24H38O2/c1-4-9-24(26)11-8-16-15(13-24)5-6-18-17(16)7-10-23(3)21(14(2)25)19-12-20(19)22(18)23/h15-22,26H,4-13H2,1-3H3/t15-,16+,17-,18-,19+,20-,21+,22-,23-,24-/m1/s1. The van der Waals surface area contributed by atoms with E-state index in [2.05, 4.69) is 13.8 Å². The minimum atomic E-state index is -0.361. The molecular formula is C24H38O2. The molecule has 5 aliphatic rings. The third-order valence-electron chi connectivity index (χ3n) is 10.0. The fourth-order valence-corrected chi connectivity index (χ4v) is 9.39. The first-order valence-electron chi connectivity index (χ1n) is 11.6. The maximum absolute atomic E-state index is 12.4. The Kier molecular flexibility index (Phi) is 3.96. The van der Waals surface area contributed by atoms with Crippen molar-refractivity contribution in [3.8, 4) is 0 Å². The summed E-state index contributed by atoms with van der Waals surface area (Å²) in [6.45, 7) is 6.56. The Morgan fingerprint density at radius 2 is 1.77 bits per heavy atom. The summed E-state index contributed by atoms with van der Waals surface area (Å²) in [5.41, 5.74) is -0.0500. The van der Waals surface area contributed by atoms with Crippen LogP contribution in [0.5, 0.6) is 0 Å². The van der Waals surface area contributed by atoms with Gasteiger partial charge in [-0.25, -0.2) is 0 Å². The number of carbonyl (C=O) groups excluding carboxylic acids is 1. The minimum absolute atomic E-state index is 0.311. The monoisotopic (exact) mass is 358 g/mol. The summed E-state index contributed by atoms with van der Waals surface area (Å²) in [7, 11) is 0. The van der Waals surface area contributed by atoms with Crippen molar-refractivity contribution in [3.05, 3.63) is 0 Å². The Bertz CT molecular complexity index is 599. The first-order valence-corrected chi connectivity index (χ1v) is 11.6. The van der Waals surface area contributed by atoms with Gasteiger partial charge in [0.1, 0.15) is 5.78 Å². The van der Waals surface area contributed by atoms with Gasteiger partial charge in [0.25, 0.3) is 0 Å². The van der Waals surface area contributed by atoms with Crippen molar-refractivity contribution in [2.75, 3.05) is 0 Å². The van der Waals surface area contributed by atoms with Crippen molar-refractivity contribution in [1.29, 1.82) is 0 Å². The molecule has 0 aromatic rings. The Morgan fingerprint density at radius 3 is 2.50 bits per heavy atom. The predicted octanol–water partition coefficient (Wildman–Crippen LogP) is 5.23. The molecule has 0 bridgehead atoms. The maximum atomic E-state index is 12.4. The van der Waals surface area contributed by atoms with Crippen LogP contribution < -0.4 is 0 Å². The highest BCUT2D eigenvalue weighted by molar-refractivity contribution is 5.80. The zero-order valence-corrected chi connectivity index (χ0v) is 17.0. The molecule has 10 atom stereocenters. The van der Waals surface area contributed by atoms with Crippen molar-refractivity contribution in [1.82, 2.24) is 0 Å². The second-order valence-electron chi connectivity index (χ2n) is 11.3. The normalized spacial score (nSPS) is 57.5. The zero-order chi connectivity index (χ0) is 18.3. The summed E-state index contributed by atoms with van der Waals surface area (Å²) in [6, 6.07) is 0. The number of hydrogen-bond acceptors (Lipinski definition) is 2. The van der Waals surface area contributed by atoms with Crippen LogP contribution in [0.3, 0.4) is 0 Å². The molecule has 0 radical (unpaired) electrons. The molecule has 5 aliphatic carbocycles. The zero-order valence-electron chi connectivity index (χ0n) is 17.0. The van der Waals surface area contributed by atoms with Crippen LogP contribution in [-0.4, -0.2) is 16.5 Å². The third kappa shape index (κ3) is 2.36. The van der Waals surface area contributed by atoms with E-state index in [9.17, 15) is 9.90 Å². The summed E-state index contributed by atoms with van der Waals surface area (Å²) >= 11 is 0. The predicted molar refractivity (Wildman–Crippen MR) is 104 cm³/mol. The van der Waals surface area contributed by atoms with Gasteiger partial charge in [0.05, 0.1) is 5.60 Å². The molecular weight excluding hydrogens is 320 g/mol. The molecule has 5 saturated carbocycles. The van der Waals surface area contributed by atoms with Gasteiger partial charge in [0.15, 0.2) is 0 Å². The molecule has 2 nitrogen and oxygen atoms in total. The van der Waals surface area contributed by atoms with Crippen LogP contribution >= 0.6 is 0 Å². The lowest BCUT2D eigenvalue weighted by Gasteiger charge is -2.58. The molecule has 0 amide bonds. The molecule has 146 valence electrons. The number of fused-ring (bicyclic) bond motifs is 7. The molecule has 0 heterocycles. The van der Waals surface area contributed by atoms with Crippen LogP contribution in [0.4, 0.5) is 0 Å². The fourth-order valence-electron chi connectivity index (χ4n) is 9.39. The third-order valence-corrected chi connectivity index (χ3v) is 10.0. The molecule has 0 aliphatic heterocycles. The molecule has 5 fully saturated rings. The Labute approximate surface area is 159 Å². The van der Waals surface area contributed by atoms with E-state index in [0.29, 0.717) is 17.1 Å². The molecule has 0 aromatic heterocycles. The van der Waals surface area contributed by atoms with E-state index in [4.69, 9.17) is 0 Å². The number of carbonyl (C=O) groups is 1. The van der Waals surface area contributed by atoms with E-state index in [0.717, 1.165) is 67.1 Å². The van der Waals surface area contributed by atoms with Gasteiger partial charge in [-0.15, -0.1) is 0 Å². The number of hydrogen-bond donors (Lipinski definition) is 1. The summed E-state index contributed by atoms with van der Waals surface area (Å²) in [4.78, 5) is 12.4. The minimum Gasteiger partial charge on any atom is -0.390 e. The lowest BCUT2D eigenvalue weighted by atomic mass is 9.47. The highest BCUT2D eigenvalue weighted by Gasteiger charge is 2.70. The van der Waals surface area contributed by atoms with Crippen LogP contribution in [0, 0.1) is 52.8 Å². The molecule has 0 unspecified atom stereocenters. The largest absolute Gasteiger partial charge is 0.390 e. The number of ketones is 1. The van der Waals surface area contributed by atoms with E-state index in [1.807, 2.05) is 6.92 Å². The first-order chi connectivity index (χ1) is 12.4. The first kappa shape index (κ1) is 17.7. The Morgan fingerprint density at radius 1 is 1.00 bits per heavy atom. The average molecular weight is 359 g/mol. The SMILES string of the molecule is CCC[C@@]1(O)CC[C@H]2[C@H](CC[C@@H]3[C@@H]2CC[C@@]2(C)[C@H]3[C@@H]3C[C@@H]3[C@@H]2C(C)=O)C1. The molecule has 0 aromatic carbocycles. The Hall–Kier alpha value is -0.370. The van der Waals surface area contributed by atoms with Gasteiger partial charge in [-0.2, -0.15) is 0 Å². The molecule has 0 saturated heterocycles. The quantitative estimate of drug-likeness (QED) is 0.750. The van der Waals surface area contributed by atoms with E-state index < -0.39 is 0 Å². The molecule has 0 spiro atoms. The topological polar surface area (TPSA) is 37.3 Å². The van der Waals surface area contributed by atoms with Crippen molar-refractivity contribution in [2.24, 2.45) is 52.8 Å². The second kappa shape index (κ2) is 5.82. The van der Waals surface area contributed by atoms with Gasteiger partial charge < -0.3 is 5.11 Å².